The van der Waals surface area contributed by atoms with Crippen molar-refractivity contribution >= 4 is 11.9 Å². The lowest BCUT2D eigenvalue weighted by atomic mass is 9.94. The first-order valence-electron chi connectivity index (χ1n) is 7.65. The zero-order chi connectivity index (χ0) is 16.1. The van der Waals surface area contributed by atoms with Gasteiger partial charge in [0.05, 0.1) is 13.0 Å². The highest BCUT2D eigenvalue weighted by atomic mass is 16.5. The van der Waals surface area contributed by atoms with E-state index in [1.807, 2.05) is 31.2 Å². The fraction of sp³-hybridized carbons (Fsp3) is 0.529. The van der Waals surface area contributed by atoms with Crippen molar-refractivity contribution in [1.29, 1.82) is 0 Å². The molecule has 1 atom stereocenters. The van der Waals surface area contributed by atoms with Crippen LogP contribution in [0.2, 0.25) is 0 Å². The second-order valence-corrected chi connectivity index (χ2v) is 5.88. The average Bonchev–Trinajstić information content (AvgIpc) is 2.54. The second kappa shape index (κ2) is 7.29. The summed E-state index contributed by atoms with van der Waals surface area (Å²) in [6.45, 7) is 3.11. The minimum absolute atomic E-state index is 0.0964. The van der Waals surface area contributed by atoms with Crippen LogP contribution in [0.25, 0.3) is 0 Å². The van der Waals surface area contributed by atoms with E-state index in [2.05, 4.69) is 0 Å². The highest BCUT2D eigenvalue weighted by molar-refractivity contribution is 5.78. The van der Waals surface area contributed by atoms with Crippen LogP contribution in [0.4, 0.5) is 0 Å². The lowest BCUT2D eigenvalue weighted by Crippen LogP contribution is -2.40. The quantitative estimate of drug-likeness (QED) is 0.907. The van der Waals surface area contributed by atoms with Gasteiger partial charge < -0.3 is 14.7 Å². The molecule has 0 radical (unpaired) electrons. The third-order valence-electron chi connectivity index (χ3n) is 4.34. The molecule has 0 aliphatic carbocycles. The highest BCUT2D eigenvalue weighted by Gasteiger charge is 2.27. The Kier molecular flexibility index (Phi) is 5.41. The second-order valence-electron chi connectivity index (χ2n) is 5.88. The minimum Gasteiger partial charge on any atom is -0.497 e. The van der Waals surface area contributed by atoms with E-state index < -0.39 is 5.97 Å². The number of carboxylic acids is 1. The van der Waals surface area contributed by atoms with Crippen molar-refractivity contribution in [2.24, 2.45) is 5.92 Å². The molecule has 0 bridgehead atoms. The molecule has 1 fully saturated rings. The molecule has 5 heteroatoms. The first-order chi connectivity index (χ1) is 10.5. The maximum Gasteiger partial charge on any atom is 0.306 e. The molecule has 1 saturated heterocycles. The van der Waals surface area contributed by atoms with Gasteiger partial charge in [0.25, 0.3) is 0 Å². The van der Waals surface area contributed by atoms with Crippen LogP contribution < -0.4 is 4.74 Å². The van der Waals surface area contributed by atoms with Crippen LogP contribution in [0.3, 0.4) is 0 Å². The van der Waals surface area contributed by atoms with E-state index in [-0.39, 0.29) is 17.7 Å². The van der Waals surface area contributed by atoms with Gasteiger partial charge in [0.1, 0.15) is 5.75 Å². The zero-order valence-corrected chi connectivity index (χ0v) is 13.1. The van der Waals surface area contributed by atoms with Crippen LogP contribution >= 0.6 is 0 Å². The molecular weight excluding hydrogens is 282 g/mol. The van der Waals surface area contributed by atoms with Crippen molar-refractivity contribution in [2.45, 2.75) is 32.1 Å². The van der Waals surface area contributed by atoms with E-state index in [0.717, 1.165) is 11.3 Å². The molecule has 1 aliphatic rings. The number of carboxylic acid groups (broad SMARTS) is 1. The Bertz CT molecular complexity index is 535. The predicted octanol–water partition coefficient (Wildman–Crippen LogP) is 2.51. The molecule has 1 aromatic carbocycles. The Morgan fingerprint density at radius 3 is 2.64 bits per heavy atom. The summed E-state index contributed by atoms with van der Waals surface area (Å²) in [4.78, 5) is 25.1. The van der Waals surface area contributed by atoms with E-state index in [4.69, 9.17) is 9.84 Å². The summed E-state index contributed by atoms with van der Waals surface area (Å²) in [6.07, 6.45) is 1.54. The summed E-state index contributed by atoms with van der Waals surface area (Å²) in [6, 6.07) is 7.76. The molecule has 5 nitrogen and oxygen atoms in total. The van der Waals surface area contributed by atoms with Gasteiger partial charge in [0.15, 0.2) is 0 Å². The van der Waals surface area contributed by atoms with Gasteiger partial charge >= 0.3 is 5.97 Å². The number of likely N-dealkylation sites (tertiary alicyclic amines) is 1. The SMILES string of the molecule is COc1cccc(C(C)CC(=O)N2CCC(C(=O)O)CC2)c1. The number of rotatable bonds is 5. The third kappa shape index (κ3) is 4.00. The van der Waals surface area contributed by atoms with Gasteiger partial charge in [-0.2, -0.15) is 0 Å². The molecular formula is C17H23NO4. The largest absolute Gasteiger partial charge is 0.497 e. The van der Waals surface area contributed by atoms with Crippen molar-refractivity contribution in [2.75, 3.05) is 20.2 Å². The summed E-state index contributed by atoms with van der Waals surface area (Å²) < 4.78 is 5.21. The lowest BCUT2D eigenvalue weighted by Gasteiger charge is -2.31. The van der Waals surface area contributed by atoms with Crippen LogP contribution in [0.5, 0.6) is 5.75 Å². The molecule has 1 aromatic rings. The van der Waals surface area contributed by atoms with E-state index >= 15 is 0 Å². The summed E-state index contributed by atoms with van der Waals surface area (Å²) in [5.74, 6) is -0.0604. The van der Waals surface area contributed by atoms with E-state index in [1.54, 1.807) is 12.0 Å². The molecule has 120 valence electrons. The normalized spacial score (nSPS) is 17.1. The number of aliphatic carboxylic acids is 1. The van der Waals surface area contributed by atoms with E-state index in [1.165, 1.54) is 0 Å². The molecule has 1 N–H and O–H groups in total. The summed E-state index contributed by atoms with van der Waals surface area (Å²) in [7, 11) is 1.63. The van der Waals surface area contributed by atoms with Crippen LogP contribution in [-0.4, -0.2) is 42.1 Å². The molecule has 1 amide bonds. The number of hydrogen-bond donors (Lipinski definition) is 1. The Morgan fingerprint density at radius 1 is 1.36 bits per heavy atom. The first-order valence-corrected chi connectivity index (χ1v) is 7.65. The molecule has 1 heterocycles. The molecule has 2 rings (SSSR count). The number of carbonyl (C=O) groups is 2. The summed E-state index contributed by atoms with van der Waals surface area (Å²) >= 11 is 0. The Balaban J connectivity index is 1.90. The van der Waals surface area contributed by atoms with Crippen LogP contribution in [0.15, 0.2) is 24.3 Å². The van der Waals surface area contributed by atoms with Crippen LogP contribution in [-0.2, 0) is 9.59 Å². The fourth-order valence-corrected chi connectivity index (χ4v) is 2.83. The third-order valence-corrected chi connectivity index (χ3v) is 4.34. The van der Waals surface area contributed by atoms with E-state index in [0.29, 0.717) is 32.4 Å². The van der Waals surface area contributed by atoms with Crippen LogP contribution in [0.1, 0.15) is 37.7 Å². The Hall–Kier alpha value is -2.04. The van der Waals surface area contributed by atoms with Crippen molar-refractivity contribution < 1.29 is 19.4 Å². The maximum absolute atomic E-state index is 12.4. The molecule has 0 saturated carbocycles. The minimum atomic E-state index is -0.753. The number of benzene rings is 1. The number of piperidine rings is 1. The Labute approximate surface area is 130 Å². The van der Waals surface area contributed by atoms with Gasteiger partial charge in [-0.3, -0.25) is 9.59 Å². The van der Waals surface area contributed by atoms with Crippen LogP contribution in [0, 0.1) is 5.92 Å². The molecule has 22 heavy (non-hydrogen) atoms. The van der Waals surface area contributed by atoms with Gasteiger partial charge in [0.2, 0.25) is 5.91 Å². The zero-order valence-electron chi connectivity index (χ0n) is 13.1. The standard InChI is InChI=1S/C17H23NO4/c1-12(14-4-3-5-15(11-14)22-2)10-16(19)18-8-6-13(7-9-18)17(20)21/h3-5,11-13H,6-10H2,1-2H3,(H,20,21). The van der Waals surface area contributed by atoms with Crippen molar-refractivity contribution in [3.05, 3.63) is 29.8 Å². The first kappa shape index (κ1) is 16.3. The molecule has 0 aromatic heterocycles. The summed E-state index contributed by atoms with van der Waals surface area (Å²) in [5.41, 5.74) is 1.08. The molecule has 0 spiro atoms. The molecule has 1 unspecified atom stereocenters. The Morgan fingerprint density at radius 2 is 2.05 bits per heavy atom. The number of methoxy groups -OCH3 is 1. The average molecular weight is 305 g/mol. The van der Waals surface area contributed by atoms with Gasteiger partial charge in [-0.25, -0.2) is 0 Å². The number of carbonyl (C=O) groups excluding carboxylic acids is 1. The fourth-order valence-electron chi connectivity index (χ4n) is 2.83. The smallest absolute Gasteiger partial charge is 0.306 e. The van der Waals surface area contributed by atoms with Gasteiger partial charge in [-0.05, 0) is 36.5 Å². The number of ether oxygens (including phenoxy) is 1. The topological polar surface area (TPSA) is 66.8 Å². The molecule has 1 aliphatic heterocycles. The number of amides is 1. The van der Waals surface area contributed by atoms with Crippen molar-refractivity contribution in [1.82, 2.24) is 4.90 Å². The monoisotopic (exact) mass is 305 g/mol. The summed E-state index contributed by atoms with van der Waals surface area (Å²) in [5, 5.41) is 8.99. The number of nitrogens with zero attached hydrogens (tertiary/aromatic N) is 1. The van der Waals surface area contributed by atoms with Crippen molar-refractivity contribution in [3.63, 3.8) is 0 Å². The van der Waals surface area contributed by atoms with Crippen molar-refractivity contribution in [3.8, 4) is 5.75 Å². The highest BCUT2D eigenvalue weighted by Crippen LogP contribution is 2.25. The van der Waals surface area contributed by atoms with Gasteiger partial charge in [-0.1, -0.05) is 19.1 Å². The lowest BCUT2D eigenvalue weighted by molar-refractivity contribution is -0.145. The van der Waals surface area contributed by atoms with E-state index in [9.17, 15) is 9.59 Å². The van der Waals surface area contributed by atoms with Gasteiger partial charge in [-0.15, -0.1) is 0 Å². The number of hydrogen-bond acceptors (Lipinski definition) is 3. The maximum atomic E-state index is 12.4. The predicted molar refractivity (Wildman–Crippen MR) is 83.0 cm³/mol. The van der Waals surface area contributed by atoms with Gasteiger partial charge in [0, 0.05) is 19.5 Å².